The number of hydrogen-bond acceptors (Lipinski definition) is 5. The molecular formula is C13H20N2O6. The van der Waals surface area contributed by atoms with Crippen molar-refractivity contribution >= 4 is 18.0 Å². The number of carbonyl (C=O) groups excluding carboxylic acids is 2. The number of hydrogen-bond donors (Lipinski definition) is 2. The Morgan fingerprint density at radius 2 is 1.95 bits per heavy atom. The fraction of sp³-hybridized carbons (Fsp3) is 0.769. The Hall–Kier alpha value is -1.83. The molecule has 2 rings (SSSR count). The first kappa shape index (κ1) is 15.6. The van der Waals surface area contributed by atoms with Gasteiger partial charge in [0.2, 0.25) is 5.91 Å². The summed E-state index contributed by atoms with van der Waals surface area (Å²) in [5.74, 6) is -1.20. The van der Waals surface area contributed by atoms with Crippen molar-refractivity contribution in [1.29, 1.82) is 0 Å². The van der Waals surface area contributed by atoms with E-state index in [1.165, 1.54) is 19.1 Å². The topological polar surface area (TPSA) is 105 Å². The zero-order chi connectivity index (χ0) is 15.7. The molecule has 21 heavy (non-hydrogen) atoms. The van der Waals surface area contributed by atoms with E-state index in [0.29, 0.717) is 6.42 Å². The number of rotatable bonds is 5. The molecule has 8 nitrogen and oxygen atoms in total. The van der Waals surface area contributed by atoms with Gasteiger partial charge in [0.05, 0.1) is 13.2 Å². The van der Waals surface area contributed by atoms with Gasteiger partial charge in [-0.15, -0.1) is 0 Å². The van der Waals surface area contributed by atoms with Crippen molar-refractivity contribution in [2.24, 2.45) is 5.92 Å². The Labute approximate surface area is 122 Å². The molecule has 5 atom stereocenters. The van der Waals surface area contributed by atoms with Gasteiger partial charge in [0.25, 0.3) is 0 Å². The molecule has 1 heterocycles. The van der Waals surface area contributed by atoms with Gasteiger partial charge in [-0.05, 0) is 25.7 Å². The van der Waals surface area contributed by atoms with Crippen LogP contribution in [0.4, 0.5) is 4.79 Å². The highest BCUT2D eigenvalue weighted by Gasteiger charge is 2.57. The van der Waals surface area contributed by atoms with E-state index >= 15 is 0 Å². The lowest BCUT2D eigenvalue weighted by Crippen LogP contribution is -2.57. The predicted molar refractivity (Wildman–Crippen MR) is 70.6 cm³/mol. The molecule has 0 unspecified atom stereocenters. The van der Waals surface area contributed by atoms with Crippen LogP contribution in [0.2, 0.25) is 0 Å². The molecule has 1 saturated heterocycles. The number of alkyl carbamates (subject to hydrolysis) is 1. The molecule has 0 radical (unpaired) electrons. The first-order valence-electron chi connectivity index (χ1n) is 6.83. The quantitative estimate of drug-likeness (QED) is 0.729. The second kappa shape index (κ2) is 5.88. The molecule has 2 N–H and O–H groups in total. The Balaban J connectivity index is 2.16. The summed E-state index contributed by atoms with van der Waals surface area (Å²) >= 11 is 0. The van der Waals surface area contributed by atoms with E-state index in [9.17, 15) is 19.5 Å². The van der Waals surface area contributed by atoms with Gasteiger partial charge >= 0.3 is 12.1 Å². The van der Waals surface area contributed by atoms with E-state index in [1.807, 2.05) is 0 Å². The first-order chi connectivity index (χ1) is 9.90. The zero-order valence-electron chi connectivity index (χ0n) is 12.2. The van der Waals surface area contributed by atoms with Crippen LogP contribution in [0.5, 0.6) is 0 Å². The van der Waals surface area contributed by atoms with Crippen LogP contribution < -0.4 is 5.32 Å². The molecule has 0 aromatic carbocycles. The summed E-state index contributed by atoms with van der Waals surface area (Å²) in [5.41, 5.74) is 0. The maximum Gasteiger partial charge on any atom is 0.407 e. The molecule has 1 aliphatic heterocycles. The third kappa shape index (κ3) is 2.94. The second-order valence-electron chi connectivity index (χ2n) is 5.45. The molecule has 0 aromatic heterocycles. The van der Waals surface area contributed by atoms with Crippen LogP contribution in [-0.2, 0) is 19.1 Å². The number of ether oxygens (including phenoxy) is 2. The van der Waals surface area contributed by atoms with Gasteiger partial charge in [0.15, 0.2) is 0 Å². The minimum atomic E-state index is -1.02. The number of methoxy groups -OCH3 is 2. The first-order valence-corrected chi connectivity index (χ1v) is 6.83. The lowest BCUT2D eigenvalue weighted by molar-refractivity contribution is -0.151. The number of amides is 2. The Kier molecular flexibility index (Phi) is 4.36. The summed E-state index contributed by atoms with van der Waals surface area (Å²) in [6, 6.07) is -1.83. The fourth-order valence-corrected chi connectivity index (χ4v) is 2.86. The summed E-state index contributed by atoms with van der Waals surface area (Å²) in [5, 5.41) is 11.7. The van der Waals surface area contributed by atoms with Crippen molar-refractivity contribution in [3.63, 3.8) is 0 Å². The van der Waals surface area contributed by atoms with Gasteiger partial charge in [0.1, 0.15) is 12.1 Å². The van der Waals surface area contributed by atoms with Crippen LogP contribution in [0.3, 0.4) is 0 Å². The van der Waals surface area contributed by atoms with Gasteiger partial charge < -0.3 is 24.8 Å². The molecule has 8 heteroatoms. The summed E-state index contributed by atoms with van der Waals surface area (Å²) in [7, 11) is 2.61. The minimum absolute atomic E-state index is 0.0374. The summed E-state index contributed by atoms with van der Waals surface area (Å²) in [6.45, 7) is 1.63. The average Bonchev–Trinajstić information content (AvgIpc) is 3.13. The molecule has 2 amide bonds. The maximum absolute atomic E-state index is 12.7. The van der Waals surface area contributed by atoms with Gasteiger partial charge in [-0.1, -0.05) is 0 Å². The van der Waals surface area contributed by atoms with Gasteiger partial charge in [0, 0.05) is 13.2 Å². The van der Waals surface area contributed by atoms with Crippen molar-refractivity contribution in [3.05, 3.63) is 0 Å². The molecule has 0 aromatic rings. The van der Waals surface area contributed by atoms with E-state index in [1.54, 1.807) is 6.92 Å². The van der Waals surface area contributed by atoms with Crippen molar-refractivity contribution in [2.45, 2.75) is 44.0 Å². The van der Waals surface area contributed by atoms with E-state index < -0.39 is 36.2 Å². The largest absolute Gasteiger partial charge is 0.480 e. The monoisotopic (exact) mass is 300 g/mol. The summed E-state index contributed by atoms with van der Waals surface area (Å²) in [6.07, 6.45) is -0.0561. The number of nitrogens with one attached hydrogen (secondary N) is 1. The number of carboxylic acids is 1. The number of likely N-dealkylation sites (tertiary alicyclic amines) is 1. The number of nitrogens with zero attached hydrogens (tertiary/aromatic N) is 1. The van der Waals surface area contributed by atoms with Crippen molar-refractivity contribution in [1.82, 2.24) is 10.2 Å². The van der Waals surface area contributed by atoms with Crippen LogP contribution in [0, 0.1) is 5.92 Å². The van der Waals surface area contributed by atoms with E-state index in [2.05, 4.69) is 10.1 Å². The molecular weight excluding hydrogens is 280 g/mol. The molecule has 1 saturated carbocycles. The van der Waals surface area contributed by atoms with Gasteiger partial charge in [-0.25, -0.2) is 9.59 Å². The van der Waals surface area contributed by atoms with Crippen molar-refractivity contribution in [3.8, 4) is 0 Å². The van der Waals surface area contributed by atoms with Gasteiger partial charge in [-0.2, -0.15) is 0 Å². The van der Waals surface area contributed by atoms with Crippen LogP contribution in [0.25, 0.3) is 0 Å². The van der Waals surface area contributed by atoms with Crippen LogP contribution in [0.15, 0.2) is 0 Å². The fourth-order valence-electron chi connectivity index (χ4n) is 2.86. The number of carboxylic acid groups (broad SMARTS) is 1. The van der Waals surface area contributed by atoms with Crippen LogP contribution in [0.1, 0.15) is 19.8 Å². The number of aliphatic carboxylic acids is 1. The van der Waals surface area contributed by atoms with Crippen molar-refractivity contribution in [2.75, 3.05) is 14.2 Å². The summed E-state index contributed by atoms with van der Waals surface area (Å²) < 4.78 is 9.62. The molecule has 2 aliphatic rings. The lowest BCUT2D eigenvalue weighted by atomic mass is 10.1. The smallest absolute Gasteiger partial charge is 0.407 e. The Morgan fingerprint density at radius 1 is 1.29 bits per heavy atom. The Morgan fingerprint density at radius 3 is 2.48 bits per heavy atom. The highest BCUT2D eigenvalue weighted by atomic mass is 16.5. The molecule has 118 valence electrons. The van der Waals surface area contributed by atoms with E-state index in [-0.39, 0.29) is 12.0 Å². The third-order valence-electron chi connectivity index (χ3n) is 4.21. The standard InChI is InChI=1S/C13H20N2O6/c1-6(20-2)10(14-13(19)21-3)11(16)15-8-4-7(8)5-9(15)12(17)18/h6-10H,4-5H2,1-3H3,(H,14,19)(H,17,18)/t6-,7+,8+,9+,10-/m0/s1. The lowest BCUT2D eigenvalue weighted by Gasteiger charge is -2.31. The van der Waals surface area contributed by atoms with E-state index in [4.69, 9.17) is 4.74 Å². The maximum atomic E-state index is 12.7. The van der Waals surface area contributed by atoms with E-state index in [0.717, 1.165) is 6.42 Å². The van der Waals surface area contributed by atoms with Crippen LogP contribution >= 0.6 is 0 Å². The summed E-state index contributed by atoms with van der Waals surface area (Å²) in [4.78, 5) is 36.7. The average molecular weight is 300 g/mol. The zero-order valence-corrected chi connectivity index (χ0v) is 12.2. The third-order valence-corrected chi connectivity index (χ3v) is 4.21. The SMILES string of the molecule is COC(=O)N[C@H](C(=O)N1[C@@H](C(=O)O)C[C@H]2C[C@H]21)[C@H](C)OC. The predicted octanol–water partition coefficient (Wildman–Crippen LogP) is -0.180. The van der Waals surface area contributed by atoms with Gasteiger partial charge in [-0.3, -0.25) is 4.79 Å². The number of carbonyl (C=O) groups is 3. The highest BCUT2D eigenvalue weighted by molar-refractivity contribution is 5.91. The molecule has 0 bridgehead atoms. The van der Waals surface area contributed by atoms with Crippen molar-refractivity contribution < 1.29 is 29.0 Å². The second-order valence-corrected chi connectivity index (χ2v) is 5.45. The Bertz CT molecular complexity index is 454. The molecule has 0 spiro atoms. The molecule has 1 aliphatic carbocycles. The normalized spacial score (nSPS) is 29.3. The highest BCUT2D eigenvalue weighted by Crippen LogP contribution is 2.48. The minimum Gasteiger partial charge on any atom is -0.480 e. The number of piperidine rings is 1. The number of fused-ring (bicyclic) bond motifs is 1. The van der Waals surface area contributed by atoms with Crippen LogP contribution in [-0.4, -0.2) is 66.4 Å². The molecule has 2 fully saturated rings.